The summed E-state index contributed by atoms with van der Waals surface area (Å²) in [6.07, 6.45) is 1.55. The van der Waals surface area contributed by atoms with Gasteiger partial charge in [-0.25, -0.2) is 0 Å². The van der Waals surface area contributed by atoms with Gasteiger partial charge in [0.1, 0.15) is 0 Å². The van der Waals surface area contributed by atoms with Crippen molar-refractivity contribution in [1.29, 1.82) is 0 Å². The van der Waals surface area contributed by atoms with Gasteiger partial charge in [-0.2, -0.15) is 0 Å². The summed E-state index contributed by atoms with van der Waals surface area (Å²) in [5.74, 6) is 0.256. The second kappa shape index (κ2) is 3.47. The average Bonchev–Trinajstić information content (AvgIpc) is 1.65. The minimum Gasteiger partial charge on any atom is -0.370 e. The monoisotopic (exact) mass is 115 g/mol. The maximum atomic E-state index is 10.2. The van der Waals surface area contributed by atoms with E-state index in [-0.39, 0.29) is 5.91 Å². The van der Waals surface area contributed by atoms with Crippen molar-refractivity contribution in [2.45, 2.75) is 26.7 Å². The molecule has 0 heterocycles. The van der Waals surface area contributed by atoms with Crippen LogP contribution in [0.2, 0.25) is 0 Å². The molecule has 48 valence electrons. The van der Waals surface area contributed by atoms with Gasteiger partial charge in [0.15, 0.2) is 0 Å². The van der Waals surface area contributed by atoms with E-state index in [0.717, 1.165) is 6.42 Å². The Balaban J connectivity index is 3.24. The zero-order valence-corrected chi connectivity index (χ0v) is 5.48. The van der Waals surface area contributed by atoms with Crippen molar-refractivity contribution in [3.05, 3.63) is 0 Å². The van der Waals surface area contributed by atoms with E-state index in [1.165, 1.54) is 0 Å². The molecule has 0 fully saturated rings. The van der Waals surface area contributed by atoms with Gasteiger partial charge in [-0.3, -0.25) is 4.79 Å². The SMILES string of the molecule is CC[C@@H](C)CC(N)=O. The number of primary amides is 1. The first-order valence-electron chi connectivity index (χ1n) is 2.95. The minimum atomic E-state index is -0.195. The van der Waals surface area contributed by atoms with Crippen molar-refractivity contribution in [1.82, 2.24) is 0 Å². The molecule has 0 saturated heterocycles. The van der Waals surface area contributed by atoms with Crippen LogP contribution < -0.4 is 5.73 Å². The van der Waals surface area contributed by atoms with Crippen LogP contribution in [0.1, 0.15) is 26.7 Å². The fraction of sp³-hybridized carbons (Fsp3) is 0.833. The zero-order chi connectivity index (χ0) is 6.57. The Morgan fingerprint density at radius 3 is 2.38 bits per heavy atom. The van der Waals surface area contributed by atoms with Gasteiger partial charge in [-0.05, 0) is 5.92 Å². The summed E-state index contributed by atoms with van der Waals surface area (Å²) in [5.41, 5.74) is 4.93. The lowest BCUT2D eigenvalue weighted by molar-refractivity contribution is -0.118. The van der Waals surface area contributed by atoms with Crippen molar-refractivity contribution in [2.75, 3.05) is 0 Å². The van der Waals surface area contributed by atoms with E-state index in [2.05, 4.69) is 0 Å². The Morgan fingerprint density at radius 2 is 2.25 bits per heavy atom. The zero-order valence-electron chi connectivity index (χ0n) is 5.48. The van der Waals surface area contributed by atoms with Crippen molar-refractivity contribution in [3.8, 4) is 0 Å². The molecule has 2 heteroatoms. The highest BCUT2D eigenvalue weighted by Gasteiger charge is 2.00. The highest BCUT2D eigenvalue weighted by atomic mass is 16.1. The summed E-state index contributed by atoms with van der Waals surface area (Å²) in [6.45, 7) is 4.07. The Morgan fingerprint density at radius 1 is 1.75 bits per heavy atom. The maximum Gasteiger partial charge on any atom is 0.217 e. The number of rotatable bonds is 3. The Kier molecular flexibility index (Phi) is 3.24. The Labute approximate surface area is 50.1 Å². The Hall–Kier alpha value is -0.530. The van der Waals surface area contributed by atoms with Crippen molar-refractivity contribution in [2.24, 2.45) is 11.7 Å². The second-order valence-corrected chi connectivity index (χ2v) is 2.18. The van der Waals surface area contributed by atoms with Crippen LogP contribution in [0.4, 0.5) is 0 Å². The van der Waals surface area contributed by atoms with E-state index in [4.69, 9.17) is 5.73 Å². The quantitative estimate of drug-likeness (QED) is 0.583. The van der Waals surface area contributed by atoms with Crippen LogP contribution in [0, 0.1) is 5.92 Å². The van der Waals surface area contributed by atoms with Gasteiger partial charge in [0, 0.05) is 6.42 Å². The molecule has 1 atom stereocenters. The van der Waals surface area contributed by atoms with E-state index >= 15 is 0 Å². The van der Waals surface area contributed by atoms with Gasteiger partial charge in [0.2, 0.25) is 5.91 Å². The lowest BCUT2D eigenvalue weighted by Gasteiger charge is -2.01. The topological polar surface area (TPSA) is 43.1 Å². The number of carbonyl (C=O) groups excluding carboxylic acids is 1. The van der Waals surface area contributed by atoms with E-state index < -0.39 is 0 Å². The first-order chi connectivity index (χ1) is 3.66. The summed E-state index contributed by atoms with van der Waals surface area (Å²) >= 11 is 0. The molecular formula is C6H13NO. The van der Waals surface area contributed by atoms with Crippen LogP contribution >= 0.6 is 0 Å². The van der Waals surface area contributed by atoms with Crippen molar-refractivity contribution in [3.63, 3.8) is 0 Å². The summed E-state index contributed by atoms with van der Waals surface area (Å²) in [4.78, 5) is 10.2. The fourth-order valence-corrected chi connectivity index (χ4v) is 0.488. The standard InChI is InChI=1S/C6H13NO/c1-3-5(2)4-6(7)8/h5H,3-4H2,1-2H3,(H2,7,8)/t5-/m1/s1. The molecule has 0 aliphatic rings. The molecule has 0 aromatic heterocycles. The number of carbonyl (C=O) groups is 1. The maximum absolute atomic E-state index is 10.2. The number of hydrogen-bond acceptors (Lipinski definition) is 1. The molecule has 0 bridgehead atoms. The van der Waals surface area contributed by atoms with E-state index in [0.29, 0.717) is 12.3 Å². The fourth-order valence-electron chi connectivity index (χ4n) is 0.488. The second-order valence-electron chi connectivity index (χ2n) is 2.18. The largest absolute Gasteiger partial charge is 0.370 e. The van der Waals surface area contributed by atoms with Crippen LogP contribution in [-0.2, 0) is 4.79 Å². The molecule has 0 rings (SSSR count). The van der Waals surface area contributed by atoms with Gasteiger partial charge < -0.3 is 5.73 Å². The average molecular weight is 115 g/mol. The van der Waals surface area contributed by atoms with Gasteiger partial charge >= 0.3 is 0 Å². The van der Waals surface area contributed by atoms with Crippen LogP contribution in [0.3, 0.4) is 0 Å². The van der Waals surface area contributed by atoms with Crippen molar-refractivity contribution >= 4 is 5.91 Å². The highest BCUT2D eigenvalue weighted by Crippen LogP contribution is 2.03. The van der Waals surface area contributed by atoms with Gasteiger partial charge in [-0.1, -0.05) is 20.3 Å². The number of hydrogen-bond donors (Lipinski definition) is 1. The molecule has 2 nitrogen and oxygen atoms in total. The third-order valence-corrected chi connectivity index (χ3v) is 1.25. The predicted molar refractivity (Wildman–Crippen MR) is 33.3 cm³/mol. The van der Waals surface area contributed by atoms with Crippen LogP contribution in [-0.4, -0.2) is 5.91 Å². The van der Waals surface area contributed by atoms with Crippen LogP contribution in [0.5, 0.6) is 0 Å². The third kappa shape index (κ3) is 3.65. The van der Waals surface area contributed by atoms with E-state index in [1.54, 1.807) is 0 Å². The molecule has 2 N–H and O–H groups in total. The molecule has 1 amide bonds. The lowest BCUT2D eigenvalue weighted by atomic mass is 10.1. The third-order valence-electron chi connectivity index (χ3n) is 1.25. The molecule has 0 aromatic rings. The first-order valence-corrected chi connectivity index (χ1v) is 2.95. The minimum absolute atomic E-state index is 0.195. The molecule has 0 aliphatic carbocycles. The molecule has 0 radical (unpaired) electrons. The van der Waals surface area contributed by atoms with Gasteiger partial charge in [-0.15, -0.1) is 0 Å². The van der Waals surface area contributed by atoms with Gasteiger partial charge in [0.25, 0.3) is 0 Å². The van der Waals surface area contributed by atoms with Crippen LogP contribution in [0.25, 0.3) is 0 Å². The molecule has 0 saturated carbocycles. The lowest BCUT2D eigenvalue weighted by Crippen LogP contribution is -2.13. The van der Waals surface area contributed by atoms with Gasteiger partial charge in [0.05, 0.1) is 0 Å². The summed E-state index contributed by atoms with van der Waals surface area (Å²) < 4.78 is 0. The van der Waals surface area contributed by atoms with Crippen LogP contribution in [0.15, 0.2) is 0 Å². The first kappa shape index (κ1) is 7.47. The molecule has 0 aromatic carbocycles. The highest BCUT2D eigenvalue weighted by molar-refractivity contribution is 5.73. The predicted octanol–water partition coefficient (Wildman–Crippen LogP) is 0.908. The summed E-state index contributed by atoms with van der Waals surface area (Å²) in [7, 11) is 0. The summed E-state index contributed by atoms with van der Waals surface area (Å²) in [6, 6.07) is 0. The number of amides is 1. The molecule has 0 unspecified atom stereocenters. The van der Waals surface area contributed by atoms with Crippen molar-refractivity contribution < 1.29 is 4.79 Å². The molecular weight excluding hydrogens is 102 g/mol. The smallest absolute Gasteiger partial charge is 0.217 e. The molecule has 0 aliphatic heterocycles. The summed E-state index contributed by atoms with van der Waals surface area (Å²) in [5, 5.41) is 0. The number of nitrogens with two attached hydrogens (primary N) is 1. The normalized spacial score (nSPS) is 13.2. The Bertz CT molecular complexity index is 80.6. The van der Waals surface area contributed by atoms with E-state index in [1.807, 2.05) is 13.8 Å². The van der Waals surface area contributed by atoms with E-state index in [9.17, 15) is 4.79 Å². The molecule has 0 spiro atoms. The molecule has 8 heavy (non-hydrogen) atoms.